The molecule has 0 spiro atoms. The molecule has 1 unspecified atom stereocenters. The van der Waals surface area contributed by atoms with Crippen molar-refractivity contribution in [2.45, 2.75) is 24.8 Å². The fourth-order valence-corrected chi connectivity index (χ4v) is 1.49. The Morgan fingerprint density at radius 2 is 2.36 bits per heavy atom. The maximum absolute atomic E-state index is 10.6. The van der Waals surface area contributed by atoms with Gasteiger partial charge in [0.15, 0.2) is 0 Å². The fourth-order valence-electron chi connectivity index (χ4n) is 1.49. The third-order valence-electron chi connectivity index (χ3n) is 2.03. The Morgan fingerprint density at radius 3 is 2.82 bits per heavy atom. The third kappa shape index (κ3) is 2.48. The minimum atomic E-state index is -0.385. The zero-order valence-corrected chi connectivity index (χ0v) is 6.60. The Balaban J connectivity index is 2.43. The molecule has 11 heavy (non-hydrogen) atoms. The molecule has 1 saturated heterocycles. The second-order valence-electron chi connectivity index (χ2n) is 3.29. The minimum Gasteiger partial charge on any atom is -0.370 e. The average molecular weight is 157 g/mol. The van der Waals surface area contributed by atoms with Gasteiger partial charge in [-0.3, -0.25) is 4.79 Å². The number of primary amides is 1. The molecule has 0 aromatic carbocycles. The van der Waals surface area contributed by atoms with Crippen molar-refractivity contribution in [2.75, 3.05) is 13.1 Å². The van der Waals surface area contributed by atoms with Gasteiger partial charge in [-0.1, -0.05) is 0 Å². The van der Waals surface area contributed by atoms with E-state index < -0.39 is 0 Å². The van der Waals surface area contributed by atoms with E-state index >= 15 is 0 Å². The van der Waals surface area contributed by atoms with Crippen LogP contribution < -0.4 is 16.8 Å². The number of hydrogen-bond donors (Lipinski definition) is 3. The molecule has 0 aromatic rings. The van der Waals surface area contributed by atoms with Crippen LogP contribution in [-0.4, -0.2) is 24.5 Å². The highest BCUT2D eigenvalue weighted by Gasteiger charge is 2.28. The van der Waals surface area contributed by atoms with Gasteiger partial charge >= 0.3 is 0 Å². The van der Waals surface area contributed by atoms with Gasteiger partial charge in [0.2, 0.25) is 5.91 Å². The first-order valence-electron chi connectivity index (χ1n) is 3.90. The molecule has 0 aliphatic carbocycles. The first kappa shape index (κ1) is 8.49. The van der Waals surface area contributed by atoms with Gasteiger partial charge in [0.1, 0.15) is 0 Å². The van der Waals surface area contributed by atoms with Gasteiger partial charge in [0.25, 0.3) is 0 Å². The summed E-state index contributed by atoms with van der Waals surface area (Å²) < 4.78 is 0. The van der Waals surface area contributed by atoms with Crippen molar-refractivity contribution in [3.8, 4) is 0 Å². The Bertz CT molecular complexity index is 152. The van der Waals surface area contributed by atoms with Gasteiger partial charge in [-0.05, 0) is 19.4 Å². The van der Waals surface area contributed by atoms with Crippen molar-refractivity contribution in [2.24, 2.45) is 11.5 Å². The lowest BCUT2D eigenvalue weighted by Crippen LogP contribution is -2.54. The summed E-state index contributed by atoms with van der Waals surface area (Å²) in [7, 11) is 0. The molecule has 1 aliphatic heterocycles. The van der Waals surface area contributed by atoms with Crippen LogP contribution in [-0.2, 0) is 4.79 Å². The molecule has 4 heteroatoms. The predicted octanol–water partition coefficient (Wildman–Crippen LogP) is -1.06. The number of hydrogen-bond acceptors (Lipinski definition) is 3. The van der Waals surface area contributed by atoms with Crippen molar-refractivity contribution in [1.29, 1.82) is 0 Å². The van der Waals surface area contributed by atoms with Crippen LogP contribution in [0.3, 0.4) is 0 Å². The van der Waals surface area contributed by atoms with Crippen molar-refractivity contribution in [3.05, 3.63) is 0 Å². The van der Waals surface area contributed by atoms with Crippen molar-refractivity contribution < 1.29 is 4.79 Å². The summed E-state index contributed by atoms with van der Waals surface area (Å²) in [6.45, 7) is 1.70. The van der Waals surface area contributed by atoms with E-state index in [0.29, 0.717) is 13.0 Å². The van der Waals surface area contributed by atoms with Gasteiger partial charge in [-0.2, -0.15) is 0 Å². The normalized spacial score (nSPS) is 31.7. The summed E-state index contributed by atoms with van der Waals surface area (Å²) in [5.74, 6) is -0.309. The number of nitrogens with two attached hydrogens (primary N) is 2. The summed E-state index contributed by atoms with van der Waals surface area (Å²) in [6, 6.07) is 0. The third-order valence-corrected chi connectivity index (χ3v) is 2.03. The molecule has 1 rings (SSSR count). The molecule has 1 aliphatic rings. The molecule has 1 amide bonds. The second-order valence-corrected chi connectivity index (χ2v) is 3.29. The van der Waals surface area contributed by atoms with Crippen molar-refractivity contribution in [1.82, 2.24) is 5.32 Å². The maximum Gasteiger partial charge on any atom is 0.219 e. The largest absolute Gasteiger partial charge is 0.370 e. The van der Waals surface area contributed by atoms with Crippen LogP contribution in [0.15, 0.2) is 0 Å². The van der Waals surface area contributed by atoms with Crippen LogP contribution in [0.25, 0.3) is 0 Å². The highest BCUT2D eigenvalue weighted by Crippen LogP contribution is 2.15. The average Bonchev–Trinajstić information content (AvgIpc) is 1.85. The Morgan fingerprint density at radius 1 is 1.64 bits per heavy atom. The zero-order chi connectivity index (χ0) is 8.32. The summed E-state index contributed by atoms with van der Waals surface area (Å²) >= 11 is 0. The number of amides is 1. The molecule has 1 fully saturated rings. The van der Waals surface area contributed by atoms with Gasteiger partial charge in [0, 0.05) is 18.5 Å². The second kappa shape index (κ2) is 3.19. The van der Waals surface area contributed by atoms with E-state index in [1.807, 2.05) is 0 Å². The Hall–Kier alpha value is -0.610. The lowest BCUT2D eigenvalue weighted by atomic mass is 9.88. The van der Waals surface area contributed by atoms with E-state index in [-0.39, 0.29) is 11.4 Å². The molecule has 5 N–H and O–H groups in total. The van der Waals surface area contributed by atoms with Gasteiger partial charge in [0.05, 0.1) is 0 Å². The first-order chi connectivity index (χ1) is 5.12. The number of carbonyl (C=O) groups excluding carboxylic acids is 1. The summed E-state index contributed by atoms with van der Waals surface area (Å²) in [5, 5.41) is 3.15. The molecule has 1 atom stereocenters. The van der Waals surface area contributed by atoms with Crippen LogP contribution in [0.4, 0.5) is 0 Å². The molecule has 0 aromatic heterocycles. The first-order valence-corrected chi connectivity index (χ1v) is 3.90. The zero-order valence-electron chi connectivity index (χ0n) is 6.60. The van der Waals surface area contributed by atoms with Crippen molar-refractivity contribution >= 4 is 5.91 Å². The summed E-state index contributed by atoms with van der Waals surface area (Å²) in [6.07, 6.45) is 2.22. The summed E-state index contributed by atoms with van der Waals surface area (Å²) in [5.41, 5.74) is 10.6. The van der Waals surface area contributed by atoms with Crippen molar-refractivity contribution in [3.63, 3.8) is 0 Å². The van der Waals surface area contributed by atoms with E-state index in [2.05, 4.69) is 5.32 Å². The highest BCUT2D eigenvalue weighted by molar-refractivity contribution is 5.75. The lowest BCUT2D eigenvalue weighted by molar-refractivity contribution is -0.119. The number of nitrogens with one attached hydrogen (secondary N) is 1. The van der Waals surface area contributed by atoms with E-state index in [4.69, 9.17) is 11.5 Å². The van der Waals surface area contributed by atoms with Gasteiger partial charge < -0.3 is 16.8 Å². The molecule has 0 bridgehead atoms. The Kier molecular flexibility index (Phi) is 2.46. The standard InChI is InChI=1S/C7H15N3O/c8-6(11)4-7(9)2-1-3-10-5-7/h10H,1-5,9H2,(H2,8,11). The Labute approximate surface area is 66.3 Å². The molecule has 1 heterocycles. The monoisotopic (exact) mass is 157 g/mol. The molecular weight excluding hydrogens is 142 g/mol. The minimum absolute atomic E-state index is 0.292. The van der Waals surface area contributed by atoms with E-state index in [9.17, 15) is 4.79 Å². The van der Waals surface area contributed by atoms with Gasteiger partial charge in [-0.25, -0.2) is 0 Å². The summed E-state index contributed by atoms with van der Waals surface area (Å²) in [4.78, 5) is 10.6. The van der Waals surface area contributed by atoms with E-state index in [1.54, 1.807) is 0 Å². The molecule has 0 saturated carbocycles. The predicted molar refractivity (Wildman–Crippen MR) is 42.8 cm³/mol. The quantitative estimate of drug-likeness (QED) is 0.478. The molecular formula is C7H15N3O. The molecule has 4 nitrogen and oxygen atoms in total. The number of carbonyl (C=O) groups is 1. The smallest absolute Gasteiger partial charge is 0.219 e. The highest BCUT2D eigenvalue weighted by atomic mass is 16.1. The van der Waals surface area contributed by atoms with Crippen LogP contribution in [0.5, 0.6) is 0 Å². The van der Waals surface area contributed by atoms with Crippen LogP contribution in [0, 0.1) is 0 Å². The lowest BCUT2D eigenvalue weighted by Gasteiger charge is -2.32. The SMILES string of the molecule is NC(=O)CC1(N)CCCNC1. The molecule has 0 radical (unpaired) electrons. The van der Waals surface area contributed by atoms with E-state index in [1.165, 1.54) is 0 Å². The van der Waals surface area contributed by atoms with Crippen LogP contribution in [0.2, 0.25) is 0 Å². The van der Waals surface area contributed by atoms with Gasteiger partial charge in [-0.15, -0.1) is 0 Å². The van der Waals surface area contributed by atoms with E-state index in [0.717, 1.165) is 19.4 Å². The number of piperidine rings is 1. The molecule has 64 valence electrons. The fraction of sp³-hybridized carbons (Fsp3) is 0.857. The topological polar surface area (TPSA) is 81.1 Å². The van der Waals surface area contributed by atoms with Crippen LogP contribution >= 0.6 is 0 Å². The maximum atomic E-state index is 10.6. The number of rotatable bonds is 2. The van der Waals surface area contributed by atoms with Crippen LogP contribution in [0.1, 0.15) is 19.3 Å².